The Morgan fingerprint density at radius 1 is 0.319 bits per heavy atom. The summed E-state index contributed by atoms with van der Waals surface area (Å²) in [7, 11) is 0. The molecule has 2 aromatic heterocycles. The molecule has 4 aliphatic heterocycles. The van der Waals surface area contributed by atoms with Gasteiger partial charge in [-0.15, -0.1) is 0 Å². The fourth-order valence-corrected chi connectivity index (χ4v) is 15.5. The van der Waals surface area contributed by atoms with E-state index in [0.717, 1.165) is 135 Å². The summed E-state index contributed by atoms with van der Waals surface area (Å²) >= 11 is 0. The number of nitrogens with zero attached hydrogens (tertiary/aromatic N) is 5. The van der Waals surface area contributed by atoms with Gasteiger partial charge in [-0.1, -0.05) is 181 Å². The minimum Gasteiger partial charge on any atom is -0.458 e. The lowest BCUT2D eigenvalue weighted by Crippen LogP contribution is -2.64. The fraction of sp³-hybridized carbons (Fsp3) is 0.100. The third-order valence-electron chi connectivity index (χ3n) is 19.6. The normalized spacial score (nSPS) is 13.7. The van der Waals surface area contributed by atoms with Gasteiger partial charge in [0.05, 0.1) is 33.4 Å². The van der Waals surface area contributed by atoms with Crippen molar-refractivity contribution < 1.29 is 17.9 Å². The molecule has 0 fully saturated rings. The molecule has 0 radical (unpaired) electrons. The number of rotatable bonds is 5. The molecule has 4 aliphatic rings. The predicted molar refractivity (Wildman–Crippen MR) is 372 cm³/mol. The molecule has 18 rings (SSSR count). The number of ether oxygens (including phenoxy) is 1. The van der Waals surface area contributed by atoms with E-state index in [1.165, 1.54) is 21.9 Å². The third-order valence-corrected chi connectivity index (χ3v) is 19.6. The van der Waals surface area contributed by atoms with Crippen molar-refractivity contribution in [3.63, 3.8) is 0 Å². The first kappa shape index (κ1) is 53.4. The molecule has 0 N–H and O–H groups in total. The first-order valence-electron chi connectivity index (χ1n) is 31.3. The van der Waals surface area contributed by atoms with Crippen molar-refractivity contribution in [2.24, 2.45) is 0 Å². The summed E-state index contributed by atoms with van der Waals surface area (Å²) < 4.78 is 61.7. The van der Waals surface area contributed by atoms with E-state index in [4.69, 9.17) is 4.74 Å². The summed E-state index contributed by atoms with van der Waals surface area (Å²) in [5, 5.41) is 4.51. The SMILES string of the molecule is CC(C)(C)c1ccc2c3ccccc3n(-c3cc4c5c(c3)N(c3ccccc3)c3cc6c(cc3B5c3ccccc3O4)B3c4ccccc4N(c4c(F)cc(F)cc4F)c4cc(-n5c7ccccc7c7ccc(C(C)(C)C)cc75)cc(c43)N6c3ccccc3)c2c1. The van der Waals surface area contributed by atoms with Crippen LogP contribution < -0.4 is 52.2 Å². The second-order valence-electron chi connectivity index (χ2n) is 26.9. The van der Waals surface area contributed by atoms with Crippen LogP contribution in [0.1, 0.15) is 52.7 Å². The molecule has 0 saturated heterocycles. The number of fused-ring (bicyclic) bond motifs is 14. The lowest BCUT2D eigenvalue weighted by molar-refractivity contribution is 0.487. The molecule has 0 atom stereocenters. The minimum absolute atomic E-state index is 0.0969. The Morgan fingerprint density at radius 2 is 0.769 bits per heavy atom. The summed E-state index contributed by atoms with van der Waals surface area (Å²) in [5.74, 6) is -1.46. The van der Waals surface area contributed by atoms with Crippen molar-refractivity contribution in [2.45, 2.75) is 52.4 Å². The molecule has 0 amide bonds. The van der Waals surface area contributed by atoms with Crippen molar-refractivity contribution >= 4 is 141 Å². The van der Waals surface area contributed by atoms with Crippen LogP contribution in [-0.2, 0) is 10.8 Å². The number of halogens is 3. The topological polar surface area (TPSA) is 28.8 Å². The zero-order valence-corrected chi connectivity index (χ0v) is 51.0. The van der Waals surface area contributed by atoms with Gasteiger partial charge in [-0.05, 0) is 140 Å². The third kappa shape index (κ3) is 7.76. The van der Waals surface area contributed by atoms with Crippen molar-refractivity contribution in [1.82, 2.24) is 9.13 Å². The van der Waals surface area contributed by atoms with Crippen LogP contribution in [0.2, 0.25) is 0 Å². The second kappa shape index (κ2) is 19.2. The smallest absolute Gasteiger partial charge is 0.256 e. The van der Waals surface area contributed by atoms with Gasteiger partial charge in [0.25, 0.3) is 13.4 Å². The molecule has 14 aromatic rings. The highest BCUT2D eigenvalue weighted by atomic mass is 19.1. The van der Waals surface area contributed by atoms with Gasteiger partial charge in [-0.25, -0.2) is 13.2 Å². The number of aromatic nitrogens is 2. The van der Waals surface area contributed by atoms with Gasteiger partial charge in [0.1, 0.15) is 23.0 Å². The molecule has 0 saturated carbocycles. The van der Waals surface area contributed by atoms with Gasteiger partial charge < -0.3 is 28.6 Å². The first-order valence-corrected chi connectivity index (χ1v) is 31.3. The molecular weight excluding hydrogens is 1130 g/mol. The fourth-order valence-electron chi connectivity index (χ4n) is 15.5. The van der Waals surface area contributed by atoms with E-state index in [0.29, 0.717) is 11.4 Å². The predicted octanol–water partition coefficient (Wildman–Crippen LogP) is 17.4. The maximum Gasteiger partial charge on any atom is 0.256 e. The highest BCUT2D eigenvalue weighted by Gasteiger charge is 2.49. The van der Waals surface area contributed by atoms with Crippen LogP contribution in [0.3, 0.4) is 0 Å². The van der Waals surface area contributed by atoms with E-state index < -0.39 is 24.2 Å². The van der Waals surface area contributed by atoms with Crippen LogP contribution in [-0.4, -0.2) is 22.6 Å². The van der Waals surface area contributed by atoms with Gasteiger partial charge in [0, 0.05) is 85.2 Å². The molecule has 11 heteroatoms. The van der Waals surface area contributed by atoms with Gasteiger partial charge in [0.15, 0.2) is 11.6 Å². The van der Waals surface area contributed by atoms with Gasteiger partial charge in [-0.2, -0.15) is 0 Å². The number of hydrogen-bond acceptors (Lipinski definition) is 4. The van der Waals surface area contributed by atoms with Crippen molar-refractivity contribution in [3.05, 3.63) is 271 Å². The summed E-state index contributed by atoms with van der Waals surface area (Å²) in [6.07, 6.45) is 0. The summed E-state index contributed by atoms with van der Waals surface area (Å²) in [4.78, 5) is 6.49. The Morgan fingerprint density at radius 3 is 1.33 bits per heavy atom. The van der Waals surface area contributed by atoms with E-state index in [1.54, 1.807) is 4.90 Å². The van der Waals surface area contributed by atoms with Crippen molar-refractivity contribution in [2.75, 3.05) is 14.7 Å². The van der Waals surface area contributed by atoms with Crippen LogP contribution in [0.25, 0.3) is 55.0 Å². The summed E-state index contributed by atoms with van der Waals surface area (Å²) in [5.41, 5.74) is 20.4. The molecule has 0 bridgehead atoms. The first-order chi connectivity index (χ1) is 44.2. The molecular formula is C80H58B2F3N5O. The van der Waals surface area contributed by atoms with E-state index in [2.05, 4.69) is 261 Å². The maximum atomic E-state index is 17.2. The van der Waals surface area contributed by atoms with Gasteiger partial charge in [-0.3, -0.25) is 0 Å². The standard InChI is InChI=1S/C80H58B2F3N5O/c1-79(2,3)47-33-35-56-54-25-13-17-29-64(54)88(67(56)37-47)52-41-71-76-72(42-52)90(78-62(84)39-49(83)40-63(78)85)66-31-19-15-27-58(66)81(76)60-45-61-70(46-69(60)86(71)50-21-9-7-10-22-50)87(51-23-11-8-12-24-51)73-43-53(44-75-77(73)82(61)59-28-16-20-32-74(59)91-75)89-65-30-18-14-26-55(65)57-36-34-48(38-68(57)89)80(4,5)6/h7-46H,1-6H3. The molecule has 91 heavy (non-hydrogen) atoms. The quantitative estimate of drug-likeness (QED) is 0.161. The van der Waals surface area contributed by atoms with Crippen molar-refractivity contribution in [1.29, 1.82) is 0 Å². The average molecular weight is 1180 g/mol. The molecule has 6 nitrogen and oxygen atoms in total. The van der Waals surface area contributed by atoms with E-state index in [-0.39, 0.29) is 23.2 Å². The number of benzene rings is 12. The highest BCUT2D eigenvalue weighted by Crippen LogP contribution is 2.51. The number of para-hydroxylation sites is 6. The Kier molecular flexibility index (Phi) is 11.3. The molecule has 0 spiro atoms. The van der Waals surface area contributed by atoms with Crippen LogP contribution >= 0.6 is 0 Å². The molecule has 6 heterocycles. The molecule has 0 unspecified atom stereocenters. The number of anilines is 9. The Labute approximate surface area is 526 Å². The van der Waals surface area contributed by atoms with Crippen LogP contribution in [0, 0.1) is 17.5 Å². The highest BCUT2D eigenvalue weighted by molar-refractivity contribution is 7.02. The van der Waals surface area contributed by atoms with Gasteiger partial charge in [0.2, 0.25) is 0 Å². The second-order valence-corrected chi connectivity index (χ2v) is 26.9. The van der Waals surface area contributed by atoms with Crippen LogP contribution in [0.4, 0.5) is 64.4 Å². The molecule has 436 valence electrons. The Balaban J connectivity index is 0.964. The zero-order valence-electron chi connectivity index (χ0n) is 51.0. The monoisotopic (exact) mass is 1180 g/mol. The molecule has 12 aromatic carbocycles. The van der Waals surface area contributed by atoms with E-state index in [1.807, 2.05) is 30.3 Å². The zero-order chi connectivity index (χ0) is 61.5. The van der Waals surface area contributed by atoms with Gasteiger partial charge >= 0.3 is 0 Å². The maximum absolute atomic E-state index is 17.2. The molecule has 0 aliphatic carbocycles. The van der Waals surface area contributed by atoms with E-state index >= 15 is 13.2 Å². The summed E-state index contributed by atoms with van der Waals surface area (Å²) in [6, 6.07) is 83.6. The lowest BCUT2D eigenvalue weighted by atomic mass is 9.30. The Bertz CT molecular complexity index is 5430. The summed E-state index contributed by atoms with van der Waals surface area (Å²) in [6.45, 7) is 12.7. The van der Waals surface area contributed by atoms with Crippen LogP contribution in [0.5, 0.6) is 11.5 Å². The minimum atomic E-state index is -1.01. The number of hydrogen-bond donors (Lipinski definition) is 0. The van der Waals surface area contributed by atoms with E-state index in [9.17, 15) is 0 Å². The average Bonchev–Trinajstić information content (AvgIpc) is 1.23. The van der Waals surface area contributed by atoms with Crippen LogP contribution in [0.15, 0.2) is 243 Å². The van der Waals surface area contributed by atoms with Crippen molar-refractivity contribution in [3.8, 4) is 22.9 Å². The largest absolute Gasteiger partial charge is 0.458 e. The lowest BCUT2D eigenvalue weighted by Gasteiger charge is -2.46. The Hall–Kier alpha value is -10.6.